The maximum Gasteiger partial charge on any atom is 0.328 e. The fourth-order valence-electron chi connectivity index (χ4n) is 1.49. The minimum absolute atomic E-state index is 0.130. The first-order valence-electron chi connectivity index (χ1n) is 5.26. The van der Waals surface area contributed by atoms with E-state index in [0.717, 1.165) is 11.1 Å². The van der Waals surface area contributed by atoms with Crippen molar-refractivity contribution in [3.05, 3.63) is 29.3 Å². The maximum absolute atomic E-state index is 11.5. The lowest BCUT2D eigenvalue weighted by Crippen LogP contribution is -2.00. The summed E-state index contributed by atoms with van der Waals surface area (Å²) >= 11 is 0. The van der Waals surface area contributed by atoms with Crippen LogP contribution in [0, 0.1) is 6.92 Å². The van der Waals surface area contributed by atoms with E-state index in [-0.39, 0.29) is 12.8 Å². The van der Waals surface area contributed by atoms with Gasteiger partial charge in [-0.05, 0) is 43.5 Å². The van der Waals surface area contributed by atoms with Crippen molar-refractivity contribution in [1.29, 1.82) is 0 Å². The van der Waals surface area contributed by atoms with Crippen LogP contribution in [0.2, 0.25) is 0 Å². The second kappa shape index (κ2) is 5.48. The summed E-state index contributed by atoms with van der Waals surface area (Å²) in [7, 11) is -3.43. The number of nitrogens with two attached hydrogens (primary N) is 1. The molecular weight excluding hydrogens is 225 g/mol. The van der Waals surface area contributed by atoms with Crippen LogP contribution in [0.1, 0.15) is 18.1 Å². The molecule has 0 fully saturated rings. The van der Waals surface area contributed by atoms with Crippen molar-refractivity contribution in [2.24, 2.45) is 0 Å². The van der Waals surface area contributed by atoms with Gasteiger partial charge in [-0.15, -0.1) is 0 Å². The third-order valence-electron chi connectivity index (χ3n) is 2.37. The normalized spacial score (nSPS) is 14.7. The molecular formula is C11H18NO3P. The Bertz CT molecular complexity index is 406. The van der Waals surface area contributed by atoms with Crippen LogP contribution in [0.25, 0.3) is 0 Å². The highest BCUT2D eigenvalue weighted by atomic mass is 31.2. The molecule has 0 aliphatic heterocycles. The quantitative estimate of drug-likeness (QED) is 0.615. The lowest BCUT2D eigenvalue weighted by Gasteiger charge is -2.12. The fraction of sp³-hybridized carbons (Fsp3) is 0.455. The van der Waals surface area contributed by atoms with Crippen LogP contribution < -0.4 is 5.73 Å². The Hall–Kier alpha value is -0.830. The van der Waals surface area contributed by atoms with Gasteiger partial charge >= 0.3 is 7.60 Å². The van der Waals surface area contributed by atoms with Crippen LogP contribution in [-0.4, -0.2) is 17.7 Å². The van der Waals surface area contributed by atoms with Gasteiger partial charge in [-0.25, -0.2) is 0 Å². The highest BCUT2D eigenvalue weighted by molar-refractivity contribution is 7.52. The molecule has 1 rings (SSSR count). The number of aryl methyl sites for hydroxylation is 2. The molecule has 90 valence electrons. The van der Waals surface area contributed by atoms with Gasteiger partial charge in [0.25, 0.3) is 0 Å². The van der Waals surface area contributed by atoms with Crippen molar-refractivity contribution in [3.8, 4) is 0 Å². The summed E-state index contributed by atoms with van der Waals surface area (Å²) in [5.74, 6) is 0. The van der Waals surface area contributed by atoms with E-state index in [1.54, 1.807) is 6.92 Å². The molecule has 0 heterocycles. The molecule has 16 heavy (non-hydrogen) atoms. The van der Waals surface area contributed by atoms with E-state index in [4.69, 9.17) is 10.3 Å². The number of hydrogen-bond acceptors (Lipinski definition) is 3. The molecule has 0 radical (unpaired) electrons. The van der Waals surface area contributed by atoms with Crippen molar-refractivity contribution >= 4 is 13.3 Å². The first-order chi connectivity index (χ1) is 7.44. The summed E-state index contributed by atoms with van der Waals surface area (Å²) in [4.78, 5) is 9.44. The summed E-state index contributed by atoms with van der Waals surface area (Å²) < 4.78 is 16.3. The molecule has 1 unspecified atom stereocenters. The average Bonchev–Trinajstić information content (AvgIpc) is 2.19. The van der Waals surface area contributed by atoms with Gasteiger partial charge in [0, 0.05) is 5.69 Å². The predicted molar refractivity (Wildman–Crippen MR) is 65.6 cm³/mol. The summed E-state index contributed by atoms with van der Waals surface area (Å²) in [6, 6.07) is 5.56. The Balaban J connectivity index is 2.67. The van der Waals surface area contributed by atoms with Crippen LogP contribution >= 0.6 is 7.60 Å². The van der Waals surface area contributed by atoms with Gasteiger partial charge in [0.1, 0.15) is 0 Å². The number of benzene rings is 1. The molecule has 0 spiro atoms. The zero-order valence-electron chi connectivity index (χ0n) is 9.64. The van der Waals surface area contributed by atoms with Gasteiger partial charge in [-0.1, -0.05) is 6.07 Å². The molecule has 0 aromatic heterocycles. The van der Waals surface area contributed by atoms with Gasteiger partial charge in [0.05, 0.1) is 12.8 Å². The van der Waals surface area contributed by atoms with Crippen molar-refractivity contribution in [2.75, 3.05) is 18.5 Å². The van der Waals surface area contributed by atoms with Crippen molar-refractivity contribution in [1.82, 2.24) is 0 Å². The molecule has 0 saturated heterocycles. The molecule has 1 atom stereocenters. The Morgan fingerprint density at radius 3 is 2.81 bits per heavy atom. The molecule has 0 saturated carbocycles. The van der Waals surface area contributed by atoms with Gasteiger partial charge in [-0.2, -0.15) is 0 Å². The van der Waals surface area contributed by atoms with E-state index >= 15 is 0 Å². The van der Waals surface area contributed by atoms with Gasteiger partial charge in [0.2, 0.25) is 0 Å². The van der Waals surface area contributed by atoms with Crippen LogP contribution in [0.3, 0.4) is 0 Å². The molecule has 0 bridgehead atoms. The average molecular weight is 243 g/mol. The molecule has 3 N–H and O–H groups in total. The lowest BCUT2D eigenvalue weighted by atomic mass is 10.1. The first kappa shape index (κ1) is 13.2. The number of hydrogen-bond donors (Lipinski definition) is 2. The van der Waals surface area contributed by atoms with E-state index in [2.05, 4.69) is 0 Å². The number of nitrogen functional groups attached to an aromatic ring is 1. The number of anilines is 1. The van der Waals surface area contributed by atoms with Crippen molar-refractivity contribution < 1.29 is 14.0 Å². The SMILES string of the molecule is CCOP(=O)(O)CCc1cc(N)ccc1C. The Labute approximate surface area is 96.0 Å². The minimum Gasteiger partial charge on any atom is -0.399 e. The van der Waals surface area contributed by atoms with Crippen molar-refractivity contribution in [3.63, 3.8) is 0 Å². The molecule has 1 aromatic rings. The van der Waals surface area contributed by atoms with Crippen molar-refractivity contribution in [2.45, 2.75) is 20.3 Å². The van der Waals surface area contributed by atoms with Crippen LogP contribution in [0.4, 0.5) is 5.69 Å². The van der Waals surface area contributed by atoms with Gasteiger partial charge in [-0.3, -0.25) is 4.57 Å². The van der Waals surface area contributed by atoms with Crippen LogP contribution in [0.15, 0.2) is 18.2 Å². The topological polar surface area (TPSA) is 72.5 Å². The highest BCUT2D eigenvalue weighted by Crippen LogP contribution is 2.42. The van der Waals surface area contributed by atoms with Gasteiger partial charge in [0.15, 0.2) is 0 Å². The summed E-state index contributed by atoms with van der Waals surface area (Å²) in [6.07, 6.45) is 0.635. The molecule has 0 aliphatic rings. The Kier molecular flexibility index (Phi) is 4.54. The third kappa shape index (κ3) is 3.97. The summed E-state index contributed by atoms with van der Waals surface area (Å²) in [5, 5.41) is 0. The minimum atomic E-state index is -3.43. The Morgan fingerprint density at radius 2 is 2.19 bits per heavy atom. The maximum atomic E-state index is 11.5. The second-order valence-corrected chi connectivity index (χ2v) is 5.70. The van der Waals surface area contributed by atoms with E-state index in [1.165, 1.54) is 0 Å². The van der Waals surface area contributed by atoms with Gasteiger partial charge < -0.3 is 15.2 Å². The summed E-state index contributed by atoms with van der Waals surface area (Å²) in [5.41, 5.74) is 8.40. The van der Waals surface area contributed by atoms with E-state index in [0.29, 0.717) is 12.1 Å². The van der Waals surface area contributed by atoms with Crippen LogP contribution in [0.5, 0.6) is 0 Å². The molecule has 0 amide bonds. The zero-order valence-corrected chi connectivity index (χ0v) is 10.5. The Morgan fingerprint density at radius 1 is 1.50 bits per heavy atom. The van der Waals surface area contributed by atoms with Crippen LogP contribution in [-0.2, 0) is 15.5 Å². The van der Waals surface area contributed by atoms with E-state index < -0.39 is 7.60 Å². The smallest absolute Gasteiger partial charge is 0.328 e. The van der Waals surface area contributed by atoms with E-state index in [1.807, 2.05) is 25.1 Å². The second-order valence-electron chi connectivity index (χ2n) is 3.71. The molecule has 5 heteroatoms. The largest absolute Gasteiger partial charge is 0.399 e. The lowest BCUT2D eigenvalue weighted by molar-refractivity contribution is 0.274. The summed E-state index contributed by atoms with van der Waals surface area (Å²) in [6.45, 7) is 3.91. The third-order valence-corrected chi connectivity index (χ3v) is 3.82. The predicted octanol–water partition coefficient (Wildman–Crippen LogP) is 2.34. The van der Waals surface area contributed by atoms with E-state index in [9.17, 15) is 9.46 Å². The molecule has 0 aliphatic carbocycles. The zero-order chi connectivity index (χ0) is 12.2. The monoisotopic (exact) mass is 243 g/mol. The standard InChI is InChI=1S/C11H18NO3P/c1-3-15-16(13,14)7-6-10-8-11(12)5-4-9(10)2/h4-5,8H,3,6-7,12H2,1-2H3,(H,13,14). The molecule has 1 aromatic carbocycles. The highest BCUT2D eigenvalue weighted by Gasteiger charge is 2.18. The fourth-order valence-corrected chi connectivity index (χ4v) is 2.54. The first-order valence-corrected chi connectivity index (χ1v) is 7.02. The molecule has 4 nitrogen and oxygen atoms in total. The number of rotatable bonds is 5.